The highest BCUT2D eigenvalue weighted by atomic mass is 31.1. The number of nitrogens with zero attached hydrogens (tertiary/aromatic N) is 3. The van der Waals surface area contributed by atoms with E-state index in [1.165, 1.54) is 12.8 Å². The molecule has 6 nitrogen and oxygen atoms in total. The van der Waals surface area contributed by atoms with Crippen molar-refractivity contribution in [1.82, 2.24) is 9.13 Å². The van der Waals surface area contributed by atoms with Gasteiger partial charge in [-0.15, -0.1) is 0 Å². The first-order valence-corrected chi connectivity index (χ1v) is 12.4. The molecular formula is C24H26N3O3P. The van der Waals surface area contributed by atoms with Gasteiger partial charge in [0, 0.05) is 46.3 Å². The second kappa shape index (κ2) is 8.08. The van der Waals surface area contributed by atoms with Crippen LogP contribution >= 0.6 is 7.92 Å². The lowest BCUT2D eigenvalue weighted by Crippen LogP contribution is -2.33. The summed E-state index contributed by atoms with van der Waals surface area (Å²) in [5.74, 6) is 0. The number of fused-ring (bicyclic) bond motifs is 1. The van der Waals surface area contributed by atoms with E-state index in [-0.39, 0.29) is 16.7 Å². The van der Waals surface area contributed by atoms with Gasteiger partial charge in [0.05, 0.1) is 11.0 Å². The predicted molar refractivity (Wildman–Crippen MR) is 124 cm³/mol. The van der Waals surface area contributed by atoms with E-state index in [1.807, 2.05) is 36.4 Å². The molecule has 0 N–H and O–H groups in total. The number of carbonyl (C=O) groups is 2. The molecule has 0 saturated carbocycles. The van der Waals surface area contributed by atoms with Crippen LogP contribution in [0.25, 0.3) is 11.0 Å². The Bertz CT molecular complexity index is 1210. The van der Waals surface area contributed by atoms with E-state index in [0.717, 1.165) is 35.4 Å². The Hall–Kier alpha value is -2.72. The van der Waals surface area contributed by atoms with Crippen LogP contribution in [-0.2, 0) is 22.8 Å². The molecule has 2 atom stereocenters. The molecule has 0 spiro atoms. The van der Waals surface area contributed by atoms with Gasteiger partial charge in [-0.2, -0.15) is 0 Å². The molecule has 7 heteroatoms. The average molecular weight is 435 g/mol. The highest BCUT2D eigenvalue weighted by molar-refractivity contribution is 7.88. The van der Waals surface area contributed by atoms with E-state index < -0.39 is 14.0 Å². The van der Waals surface area contributed by atoms with Gasteiger partial charge in [0.1, 0.15) is 6.04 Å². The topological polar surface area (TPSA) is 64.3 Å². The number of benzene rings is 2. The monoisotopic (exact) mass is 435 g/mol. The van der Waals surface area contributed by atoms with Crippen molar-refractivity contribution >= 4 is 35.7 Å². The first-order chi connectivity index (χ1) is 15.0. The van der Waals surface area contributed by atoms with Gasteiger partial charge in [0.25, 0.3) is 0 Å². The van der Waals surface area contributed by atoms with Crippen LogP contribution in [0.15, 0.2) is 53.3 Å². The van der Waals surface area contributed by atoms with Crippen molar-refractivity contribution in [1.29, 1.82) is 0 Å². The molecule has 0 bridgehead atoms. The van der Waals surface area contributed by atoms with Gasteiger partial charge >= 0.3 is 5.69 Å². The molecule has 5 rings (SSSR count). The van der Waals surface area contributed by atoms with Crippen molar-refractivity contribution in [2.45, 2.75) is 37.9 Å². The SMILES string of the molecule is Cn1c(=O)n(C2CCC(=O)P(Cc3ccccc3)C2=O)c2ccc(N3CCCC3)cc21. The van der Waals surface area contributed by atoms with Crippen LogP contribution in [0.1, 0.15) is 37.3 Å². The van der Waals surface area contributed by atoms with Crippen molar-refractivity contribution in [3.8, 4) is 0 Å². The Balaban J connectivity index is 1.52. The summed E-state index contributed by atoms with van der Waals surface area (Å²) < 4.78 is 3.27. The van der Waals surface area contributed by atoms with E-state index in [2.05, 4.69) is 17.0 Å². The number of imidazole rings is 1. The highest BCUT2D eigenvalue weighted by Crippen LogP contribution is 2.51. The van der Waals surface area contributed by atoms with Crippen molar-refractivity contribution in [3.05, 3.63) is 64.6 Å². The third kappa shape index (κ3) is 3.53. The normalized spacial score (nSPS) is 21.9. The number of hydrogen-bond acceptors (Lipinski definition) is 4. The van der Waals surface area contributed by atoms with Crippen LogP contribution in [0.5, 0.6) is 0 Å². The maximum Gasteiger partial charge on any atom is 0.329 e. The van der Waals surface area contributed by atoms with E-state index in [4.69, 9.17) is 0 Å². The second-order valence-electron chi connectivity index (χ2n) is 8.44. The summed E-state index contributed by atoms with van der Waals surface area (Å²) in [4.78, 5) is 41.6. The number of aryl methyl sites for hydroxylation is 1. The first kappa shape index (κ1) is 20.2. The molecule has 2 saturated heterocycles. The lowest BCUT2D eigenvalue weighted by Gasteiger charge is -2.28. The van der Waals surface area contributed by atoms with Crippen LogP contribution in [0.4, 0.5) is 5.69 Å². The van der Waals surface area contributed by atoms with Crippen LogP contribution in [-0.4, -0.2) is 33.3 Å². The highest BCUT2D eigenvalue weighted by Gasteiger charge is 2.39. The summed E-state index contributed by atoms with van der Waals surface area (Å²) in [7, 11) is 0.304. The van der Waals surface area contributed by atoms with Crippen molar-refractivity contribution < 1.29 is 9.59 Å². The molecule has 2 aliphatic heterocycles. The number of anilines is 1. The Morgan fingerprint density at radius 1 is 0.968 bits per heavy atom. The fourth-order valence-corrected chi connectivity index (χ4v) is 6.98. The standard InChI is InChI=1S/C24H26N3O3P/c1-25-21-15-18(26-13-5-6-14-26)9-10-19(21)27(24(25)30)20-11-12-22(28)31(23(20)29)16-17-7-3-2-4-8-17/h2-4,7-10,15,20H,5-6,11-14,16H2,1H3. The van der Waals surface area contributed by atoms with Crippen molar-refractivity contribution in [2.75, 3.05) is 18.0 Å². The van der Waals surface area contributed by atoms with Gasteiger partial charge in [0.15, 0.2) is 11.0 Å². The van der Waals surface area contributed by atoms with Gasteiger partial charge in [-0.3, -0.25) is 18.7 Å². The molecule has 1 aromatic heterocycles. The van der Waals surface area contributed by atoms with E-state index in [1.54, 1.807) is 16.2 Å². The number of rotatable bonds is 4. The van der Waals surface area contributed by atoms with Crippen LogP contribution in [0, 0.1) is 0 Å². The maximum atomic E-state index is 13.5. The zero-order chi connectivity index (χ0) is 21.5. The summed E-state index contributed by atoms with van der Waals surface area (Å²) in [6, 6.07) is 15.2. The Morgan fingerprint density at radius 2 is 1.71 bits per heavy atom. The van der Waals surface area contributed by atoms with Gasteiger partial charge in [-0.25, -0.2) is 4.79 Å². The van der Waals surface area contributed by atoms with E-state index >= 15 is 0 Å². The molecule has 2 aliphatic rings. The molecule has 0 aliphatic carbocycles. The fraction of sp³-hybridized carbons (Fsp3) is 0.375. The summed E-state index contributed by atoms with van der Waals surface area (Å²) in [6.07, 6.45) is 3.59. The third-order valence-corrected chi connectivity index (χ3v) is 8.86. The molecule has 2 aromatic carbocycles. The van der Waals surface area contributed by atoms with Gasteiger partial charge < -0.3 is 4.90 Å². The molecule has 160 valence electrons. The quantitative estimate of drug-likeness (QED) is 0.581. The maximum absolute atomic E-state index is 13.5. The fourth-order valence-electron chi connectivity index (χ4n) is 4.82. The van der Waals surface area contributed by atoms with Crippen LogP contribution in [0.2, 0.25) is 0 Å². The Labute approximate surface area is 182 Å². The van der Waals surface area contributed by atoms with E-state index in [0.29, 0.717) is 19.0 Å². The van der Waals surface area contributed by atoms with Crippen molar-refractivity contribution in [2.24, 2.45) is 7.05 Å². The van der Waals surface area contributed by atoms with Gasteiger partial charge in [-0.1, -0.05) is 30.3 Å². The Kier molecular flexibility index (Phi) is 5.27. The first-order valence-electron chi connectivity index (χ1n) is 10.9. The molecular weight excluding hydrogens is 409 g/mol. The lowest BCUT2D eigenvalue weighted by atomic mass is 10.1. The molecule has 0 amide bonds. The lowest BCUT2D eigenvalue weighted by molar-refractivity contribution is -0.118. The Morgan fingerprint density at radius 3 is 2.45 bits per heavy atom. The smallest absolute Gasteiger partial charge is 0.329 e. The third-order valence-electron chi connectivity index (χ3n) is 6.52. The van der Waals surface area contributed by atoms with Gasteiger partial charge in [0.2, 0.25) is 0 Å². The van der Waals surface area contributed by atoms with Crippen LogP contribution < -0.4 is 10.6 Å². The number of carbonyl (C=O) groups excluding carboxylic acids is 2. The molecule has 3 aromatic rings. The molecule has 31 heavy (non-hydrogen) atoms. The average Bonchev–Trinajstić information content (AvgIpc) is 3.40. The largest absolute Gasteiger partial charge is 0.371 e. The van der Waals surface area contributed by atoms with Gasteiger partial charge in [-0.05, 0) is 43.0 Å². The minimum absolute atomic E-state index is 0.0460. The van der Waals surface area contributed by atoms with Crippen LogP contribution in [0.3, 0.4) is 0 Å². The summed E-state index contributed by atoms with van der Waals surface area (Å²) in [6.45, 7) is 2.07. The number of hydrogen-bond donors (Lipinski definition) is 0. The van der Waals surface area contributed by atoms with E-state index in [9.17, 15) is 14.4 Å². The predicted octanol–water partition coefficient (Wildman–Crippen LogP) is 4.01. The summed E-state index contributed by atoms with van der Waals surface area (Å²) in [5.41, 5.74) is 3.52. The summed E-state index contributed by atoms with van der Waals surface area (Å²) in [5, 5.41) is 0. The number of aromatic nitrogens is 2. The van der Waals surface area contributed by atoms with Crippen molar-refractivity contribution in [3.63, 3.8) is 0 Å². The zero-order valence-electron chi connectivity index (χ0n) is 17.7. The minimum Gasteiger partial charge on any atom is -0.371 e. The zero-order valence-corrected chi connectivity index (χ0v) is 18.6. The molecule has 2 unspecified atom stereocenters. The molecule has 2 fully saturated rings. The molecule has 0 radical (unpaired) electrons. The summed E-state index contributed by atoms with van der Waals surface area (Å²) >= 11 is 0. The second-order valence-corrected chi connectivity index (χ2v) is 10.5. The minimum atomic E-state index is -1.46. The molecule has 3 heterocycles.